The van der Waals surface area contributed by atoms with Crippen LogP contribution in [0.25, 0.3) is 11.1 Å². The van der Waals surface area contributed by atoms with Gasteiger partial charge in [-0.15, -0.1) is 0 Å². The zero-order valence-electron chi connectivity index (χ0n) is 16.6. The fourth-order valence-corrected chi connectivity index (χ4v) is 3.21. The number of amides is 1. The molecule has 3 aromatic rings. The minimum absolute atomic E-state index is 0.478. The van der Waals surface area contributed by atoms with Gasteiger partial charge in [-0.25, -0.2) is 9.37 Å². The lowest BCUT2D eigenvalue weighted by Crippen LogP contribution is -2.43. The Morgan fingerprint density at radius 3 is 2.26 bits per heavy atom. The van der Waals surface area contributed by atoms with Crippen molar-refractivity contribution in [1.82, 2.24) is 20.6 Å². The smallest absolute Gasteiger partial charge is 0.253 e. The Hall–Kier alpha value is -2.45. The van der Waals surface area contributed by atoms with Gasteiger partial charge in [0.05, 0.1) is 12.6 Å². The van der Waals surface area contributed by atoms with Crippen molar-refractivity contribution in [3.63, 3.8) is 0 Å². The molecule has 2 unspecified atom stereocenters. The van der Waals surface area contributed by atoms with Gasteiger partial charge in [0.1, 0.15) is 18.6 Å². The molecular weight excluding hydrogens is 442 g/mol. The van der Waals surface area contributed by atoms with Crippen molar-refractivity contribution < 1.29 is 14.3 Å². The van der Waals surface area contributed by atoms with Gasteiger partial charge in [-0.1, -0.05) is 71.7 Å². The molecule has 0 saturated heterocycles. The molecule has 0 bridgehead atoms. The predicted molar refractivity (Wildman–Crippen MR) is 119 cm³/mol. The van der Waals surface area contributed by atoms with Gasteiger partial charge >= 0.3 is 0 Å². The van der Waals surface area contributed by atoms with Crippen LogP contribution in [0.2, 0.25) is 0 Å². The second-order valence-corrected chi connectivity index (χ2v) is 8.07. The maximum atomic E-state index is 13.3. The molecule has 9 heteroatoms. The van der Waals surface area contributed by atoms with Gasteiger partial charge in [-0.2, -0.15) is 0 Å². The van der Waals surface area contributed by atoms with Crippen LogP contribution in [0.3, 0.4) is 0 Å². The van der Waals surface area contributed by atoms with Crippen molar-refractivity contribution in [3.05, 3.63) is 77.9 Å². The normalized spacial score (nSPS) is 13.2. The number of aromatic nitrogens is 2. The van der Waals surface area contributed by atoms with Crippen LogP contribution in [0.4, 0.5) is 4.39 Å². The Kier molecular flexibility index (Phi) is 8.43. The lowest BCUT2D eigenvalue weighted by molar-refractivity contribution is -0.121. The molecule has 164 valence electrons. The van der Waals surface area contributed by atoms with Crippen LogP contribution < -0.4 is 10.6 Å². The summed E-state index contributed by atoms with van der Waals surface area (Å²) < 4.78 is 13.3. The van der Waals surface area contributed by atoms with E-state index in [1.807, 2.05) is 36.4 Å². The van der Waals surface area contributed by atoms with Crippen molar-refractivity contribution in [1.29, 1.82) is 0 Å². The van der Waals surface area contributed by atoms with Crippen LogP contribution in [-0.4, -0.2) is 38.5 Å². The number of alkyl halides is 3. The van der Waals surface area contributed by atoms with E-state index < -0.39 is 29.6 Å². The monoisotopic (exact) mass is 464 g/mol. The van der Waals surface area contributed by atoms with Crippen molar-refractivity contribution in [2.75, 3.05) is 6.67 Å². The van der Waals surface area contributed by atoms with E-state index in [2.05, 4.69) is 20.6 Å². The summed E-state index contributed by atoms with van der Waals surface area (Å²) in [6, 6.07) is 14.1. The van der Waals surface area contributed by atoms with Gasteiger partial charge in [0.2, 0.25) is 0 Å². The number of carbonyl (C=O) groups is 1. The van der Waals surface area contributed by atoms with E-state index in [-0.39, 0.29) is 0 Å². The van der Waals surface area contributed by atoms with Gasteiger partial charge < -0.3 is 20.7 Å². The van der Waals surface area contributed by atoms with E-state index in [1.165, 1.54) is 0 Å². The number of nitrogens with zero attached hydrogens (tertiary/aromatic N) is 1. The van der Waals surface area contributed by atoms with E-state index in [4.69, 9.17) is 23.2 Å². The number of carbonyl (C=O) groups excluding carboxylic acids is 1. The first-order chi connectivity index (χ1) is 15.0. The standard InChI is InChI=1S/C22H23Cl2FN4O2/c23-21(24)22(31)29-18(11-25)20(30)17-7-5-16(6-8-17)15-3-1-14(2-4-15)12-26-13-19-27-9-10-28-19/h1-10,18,20-21,26,30H,11-13H2,(H,27,28)(H,29,31). The summed E-state index contributed by atoms with van der Waals surface area (Å²) in [6.07, 6.45) is 2.29. The summed E-state index contributed by atoms with van der Waals surface area (Å²) in [7, 11) is 0. The maximum absolute atomic E-state index is 13.3. The van der Waals surface area contributed by atoms with Crippen molar-refractivity contribution >= 4 is 29.1 Å². The fraction of sp³-hybridized carbons (Fsp3) is 0.273. The summed E-state index contributed by atoms with van der Waals surface area (Å²) in [6.45, 7) is 0.424. The van der Waals surface area contributed by atoms with Crippen LogP contribution >= 0.6 is 23.2 Å². The molecule has 0 aliphatic rings. The molecule has 0 fully saturated rings. The Bertz CT molecular complexity index is 951. The number of aromatic amines is 1. The second kappa shape index (κ2) is 11.2. The molecule has 2 aromatic carbocycles. The number of aliphatic hydroxyl groups excluding tert-OH is 1. The molecular formula is C22H23Cl2FN4O2. The summed E-state index contributed by atoms with van der Waals surface area (Å²) in [5, 5.41) is 16.0. The number of benzene rings is 2. The molecule has 1 amide bonds. The van der Waals surface area contributed by atoms with Crippen LogP contribution in [0.1, 0.15) is 23.1 Å². The van der Waals surface area contributed by atoms with Gasteiger partial charge in [0, 0.05) is 18.9 Å². The number of halogens is 3. The average Bonchev–Trinajstić information content (AvgIpc) is 3.31. The highest BCUT2D eigenvalue weighted by Crippen LogP contribution is 2.24. The Balaban J connectivity index is 1.59. The zero-order chi connectivity index (χ0) is 22.2. The Morgan fingerprint density at radius 2 is 1.71 bits per heavy atom. The fourth-order valence-electron chi connectivity index (χ4n) is 3.09. The van der Waals surface area contributed by atoms with Crippen LogP contribution in [-0.2, 0) is 17.9 Å². The summed E-state index contributed by atoms with van der Waals surface area (Å²) in [4.78, 5) is 17.5. The highest BCUT2D eigenvalue weighted by molar-refractivity contribution is 6.53. The third kappa shape index (κ3) is 6.51. The molecule has 3 rings (SSSR count). The number of H-pyrrole nitrogens is 1. The highest BCUT2D eigenvalue weighted by Gasteiger charge is 2.25. The number of rotatable bonds is 10. The average molecular weight is 465 g/mol. The summed E-state index contributed by atoms with van der Waals surface area (Å²) in [5.41, 5.74) is 3.58. The number of aliphatic hydroxyl groups is 1. The third-order valence-electron chi connectivity index (χ3n) is 4.79. The summed E-state index contributed by atoms with van der Waals surface area (Å²) >= 11 is 10.9. The summed E-state index contributed by atoms with van der Waals surface area (Å²) in [5.74, 6) is 0.138. The van der Waals surface area contributed by atoms with Crippen molar-refractivity contribution in [2.24, 2.45) is 0 Å². The molecule has 0 aliphatic carbocycles. The lowest BCUT2D eigenvalue weighted by Gasteiger charge is -2.22. The number of hydrogen-bond donors (Lipinski definition) is 4. The SMILES string of the molecule is O=C(NC(CF)C(O)c1ccc(-c2ccc(CNCc3ncc[nH]3)cc2)cc1)C(Cl)Cl. The molecule has 2 atom stereocenters. The van der Waals surface area contributed by atoms with Gasteiger partial charge in [0.25, 0.3) is 5.91 Å². The molecule has 31 heavy (non-hydrogen) atoms. The first-order valence-corrected chi connectivity index (χ1v) is 10.6. The van der Waals surface area contributed by atoms with Gasteiger partial charge in [-0.05, 0) is 22.3 Å². The predicted octanol–water partition coefficient (Wildman–Crippen LogP) is 3.66. The lowest BCUT2D eigenvalue weighted by atomic mass is 9.98. The minimum atomic E-state index is -1.33. The Labute approximate surface area is 189 Å². The topological polar surface area (TPSA) is 90.0 Å². The van der Waals surface area contributed by atoms with E-state index in [0.717, 1.165) is 22.5 Å². The molecule has 1 heterocycles. The largest absolute Gasteiger partial charge is 0.386 e. The second-order valence-electron chi connectivity index (χ2n) is 6.97. The highest BCUT2D eigenvalue weighted by atomic mass is 35.5. The number of hydrogen-bond acceptors (Lipinski definition) is 4. The molecule has 4 N–H and O–H groups in total. The van der Waals surface area contributed by atoms with Crippen LogP contribution in [0, 0.1) is 0 Å². The van der Waals surface area contributed by atoms with E-state index in [1.54, 1.807) is 24.5 Å². The van der Waals surface area contributed by atoms with E-state index >= 15 is 0 Å². The maximum Gasteiger partial charge on any atom is 0.253 e. The van der Waals surface area contributed by atoms with E-state index in [0.29, 0.717) is 18.7 Å². The Morgan fingerprint density at radius 1 is 1.06 bits per heavy atom. The molecule has 0 saturated carbocycles. The minimum Gasteiger partial charge on any atom is -0.386 e. The molecule has 0 radical (unpaired) electrons. The van der Waals surface area contributed by atoms with Crippen LogP contribution in [0.5, 0.6) is 0 Å². The van der Waals surface area contributed by atoms with Gasteiger partial charge in [-0.3, -0.25) is 4.79 Å². The molecule has 1 aromatic heterocycles. The quantitative estimate of drug-likeness (QED) is 0.344. The number of imidazole rings is 1. The van der Waals surface area contributed by atoms with Crippen molar-refractivity contribution in [3.8, 4) is 11.1 Å². The zero-order valence-corrected chi connectivity index (χ0v) is 18.1. The van der Waals surface area contributed by atoms with Crippen LogP contribution in [0.15, 0.2) is 60.9 Å². The molecule has 0 aliphatic heterocycles. The van der Waals surface area contributed by atoms with Crippen molar-refractivity contribution in [2.45, 2.75) is 30.1 Å². The third-order valence-corrected chi connectivity index (χ3v) is 5.19. The number of nitrogens with one attached hydrogen (secondary N) is 3. The molecule has 0 spiro atoms. The van der Waals surface area contributed by atoms with E-state index in [9.17, 15) is 14.3 Å². The first-order valence-electron chi connectivity index (χ1n) is 9.68. The van der Waals surface area contributed by atoms with Gasteiger partial charge in [0.15, 0.2) is 4.84 Å². The molecule has 6 nitrogen and oxygen atoms in total. The first kappa shape index (κ1) is 23.2.